The quantitative estimate of drug-likeness (QED) is 0.706. The number of nitrogens with zero attached hydrogens (tertiary/aromatic N) is 3. The van der Waals surface area contributed by atoms with Crippen LogP contribution in [0.3, 0.4) is 0 Å². The molecule has 0 aliphatic heterocycles. The third-order valence-corrected chi connectivity index (χ3v) is 3.57. The van der Waals surface area contributed by atoms with Gasteiger partial charge in [-0.25, -0.2) is 0 Å². The van der Waals surface area contributed by atoms with Crippen LogP contribution in [0.2, 0.25) is 0 Å². The molecular formula is C18H21N3O4. The van der Waals surface area contributed by atoms with E-state index in [1.54, 1.807) is 17.3 Å². The fourth-order valence-electron chi connectivity index (χ4n) is 2.31. The summed E-state index contributed by atoms with van der Waals surface area (Å²) in [7, 11) is 2.62. The molecule has 0 unspecified atom stereocenters. The van der Waals surface area contributed by atoms with Crippen molar-refractivity contribution in [3.8, 4) is 11.4 Å². The average Bonchev–Trinajstić information content (AvgIpc) is 2.61. The Balaban J connectivity index is 2.19. The van der Waals surface area contributed by atoms with Gasteiger partial charge in [0.1, 0.15) is 0 Å². The number of methoxy groups -OCH3 is 2. The van der Waals surface area contributed by atoms with Crippen molar-refractivity contribution >= 4 is 11.9 Å². The van der Waals surface area contributed by atoms with E-state index in [-0.39, 0.29) is 13.1 Å². The van der Waals surface area contributed by atoms with E-state index in [2.05, 4.69) is 19.4 Å². The van der Waals surface area contributed by atoms with E-state index in [1.165, 1.54) is 14.2 Å². The zero-order valence-corrected chi connectivity index (χ0v) is 14.6. The van der Waals surface area contributed by atoms with Gasteiger partial charge in [-0.05, 0) is 42.3 Å². The van der Waals surface area contributed by atoms with Crippen molar-refractivity contribution in [2.24, 2.45) is 0 Å². The third kappa shape index (κ3) is 5.65. The first kappa shape index (κ1) is 18.5. The molecule has 0 fully saturated rings. The normalized spacial score (nSPS) is 10.6. The molecule has 0 aromatic carbocycles. The maximum absolute atomic E-state index is 11.6. The summed E-state index contributed by atoms with van der Waals surface area (Å²) >= 11 is 0. The van der Waals surface area contributed by atoms with Crippen LogP contribution in [0.15, 0.2) is 36.7 Å². The van der Waals surface area contributed by atoms with Gasteiger partial charge in [0, 0.05) is 18.9 Å². The van der Waals surface area contributed by atoms with Crippen LogP contribution in [0.4, 0.5) is 0 Å². The lowest BCUT2D eigenvalue weighted by molar-refractivity contribution is -0.145. The van der Waals surface area contributed by atoms with E-state index < -0.39 is 11.9 Å². The van der Waals surface area contributed by atoms with Crippen molar-refractivity contribution in [2.45, 2.75) is 13.5 Å². The Morgan fingerprint density at radius 1 is 0.960 bits per heavy atom. The van der Waals surface area contributed by atoms with E-state index in [4.69, 9.17) is 0 Å². The summed E-state index contributed by atoms with van der Waals surface area (Å²) in [6.45, 7) is 2.35. The molecule has 25 heavy (non-hydrogen) atoms. The minimum Gasteiger partial charge on any atom is -0.468 e. The highest BCUT2D eigenvalue weighted by Gasteiger charge is 2.16. The number of carbonyl (C=O) groups is 2. The fraction of sp³-hybridized carbons (Fsp3) is 0.333. The summed E-state index contributed by atoms with van der Waals surface area (Å²) in [5.74, 6) is -0.836. The Bertz CT molecular complexity index is 731. The Kier molecular flexibility index (Phi) is 6.59. The van der Waals surface area contributed by atoms with Crippen molar-refractivity contribution in [3.05, 3.63) is 47.8 Å². The fourth-order valence-corrected chi connectivity index (χ4v) is 2.31. The second kappa shape index (κ2) is 8.89. The number of pyridine rings is 2. The Morgan fingerprint density at radius 2 is 1.52 bits per heavy atom. The molecule has 0 aliphatic carbocycles. The molecule has 0 spiro atoms. The summed E-state index contributed by atoms with van der Waals surface area (Å²) < 4.78 is 9.37. The van der Waals surface area contributed by atoms with Gasteiger partial charge in [-0.3, -0.25) is 24.5 Å². The second-order valence-corrected chi connectivity index (χ2v) is 5.57. The van der Waals surface area contributed by atoms with Crippen LogP contribution >= 0.6 is 0 Å². The topological polar surface area (TPSA) is 81.6 Å². The van der Waals surface area contributed by atoms with E-state index in [1.807, 2.05) is 31.2 Å². The van der Waals surface area contributed by atoms with Gasteiger partial charge in [-0.2, -0.15) is 0 Å². The number of aryl methyl sites for hydroxylation is 1. The van der Waals surface area contributed by atoms with Gasteiger partial charge in [-0.15, -0.1) is 0 Å². The molecule has 0 radical (unpaired) electrons. The lowest BCUT2D eigenvalue weighted by Crippen LogP contribution is -2.35. The van der Waals surface area contributed by atoms with E-state index >= 15 is 0 Å². The number of hydrogen-bond acceptors (Lipinski definition) is 7. The smallest absolute Gasteiger partial charge is 0.319 e. The van der Waals surface area contributed by atoms with Gasteiger partial charge < -0.3 is 9.47 Å². The number of carbonyl (C=O) groups excluding carboxylic acids is 2. The summed E-state index contributed by atoms with van der Waals surface area (Å²) in [4.78, 5) is 33.5. The first-order valence-electron chi connectivity index (χ1n) is 7.75. The maximum Gasteiger partial charge on any atom is 0.319 e. The first-order chi connectivity index (χ1) is 12.0. The van der Waals surface area contributed by atoms with Crippen LogP contribution in [0.25, 0.3) is 11.4 Å². The lowest BCUT2D eigenvalue weighted by Gasteiger charge is -2.19. The van der Waals surface area contributed by atoms with E-state index in [9.17, 15) is 9.59 Å². The average molecular weight is 343 g/mol. The third-order valence-electron chi connectivity index (χ3n) is 3.57. The predicted octanol–water partition coefficient (Wildman–Crippen LogP) is 1.60. The zero-order valence-electron chi connectivity index (χ0n) is 14.6. The molecule has 2 heterocycles. The summed E-state index contributed by atoms with van der Waals surface area (Å²) in [6.07, 6.45) is 3.42. The summed E-state index contributed by atoms with van der Waals surface area (Å²) in [5, 5.41) is 0. The monoisotopic (exact) mass is 343 g/mol. The van der Waals surface area contributed by atoms with Crippen molar-refractivity contribution < 1.29 is 19.1 Å². The molecule has 132 valence electrons. The van der Waals surface area contributed by atoms with Gasteiger partial charge in [0.25, 0.3) is 0 Å². The summed E-state index contributed by atoms with van der Waals surface area (Å²) in [6, 6.07) is 7.60. The Morgan fingerprint density at radius 3 is 2.08 bits per heavy atom. The molecule has 7 nitrogen and oxygen atoms in total. The minimum atomic E-state index is -0.418. The first-order valence-corrected chi connectivity index (χ1v) is 7.75. The molecule has 0 saturated heterocycles. The van der Waals surface area contributed by atoms with Crippen LogP contribution < -0.4 is 0 Å². The molecule has 0 atom stereocenters. The van der Waals surface area contributed by atoms with Gasteiger partial charge in [0.2, 0.25) is 0 Å². The van der Waals surface area contributed by atoms with Crippen LogP contribution in [-0.4, -0.2) is 54.1 Å². The number of ether oxygens (including phenoxy) is 2. The van der Waals surface area contributed by atoms with Crippen LogP contribution in [0, 0.1) is 6.92 Å². The second-order valence-electron chi connectivity index (χ2n) is 5.57. The molecule has 2 rings (SSSR count). The number of aromatic nitrogens is 2. The van der Waals surface area contributed by atoms with Gasteiger partial charge in [0.15, 0.2) is 0 Å². The van der Waals surface area contributed by atoms with Gasteiger partial charge in [0.05, 0.1) is 38.7 Å². The lowest BCUT2D eigenvalue weighted by atomic mass is 10.1. The van der Waals surface area contributed by atoms with Crippen molar-refractivity contribution in [2.75, 3.05) is 27.3 Å². The molecule has 0 N–H and O–H groups in total. The van der Waals surface area contributed by atoms with E-state index in [0.717, 1.165) is 22.5 Å². The zero-order chi connectivity index (χ0) is 18.2. The van der Waals surface area contributed by atoms with E-state index in [0.29, 0.717) is 6.54 Å². The highest BCUT2D eigenvalue weighted by molar-refractivity contribution is 5.74. The molecule has 7 heteroatoms. The van der Waals surface area contributed by atoms with Gasteiger partial charge >= 0.3 is 11.9 Å². The molecule has 0 aliphatic rings. The number of rotatable bonds is 7. The minimum absolute atomic E-state index is 0.00798. The Hall–Kier alpha value is -2.80. The molecule has 2 aromatic rings. The largest absolute Gasteiger partial charge is 0.468 e. The molecule has 0 bridgehead atoms. The molecule has 0 saturated carbocycles. The molecule has 0 amide bonds. The van der Waals surface area contributed by atoms with Crippen molar-refractivity contribution in [3.63, 3.8) is 0 Å². The van der Waals surface area contributed by atoms with Crippen molar-refractivity contribution in [1.82, 2.24) is 14.9 Å². The van der Waals surface area contributed by atoms with Crippen LogP contribution in [0.1, 0.15) is 11.1 Å². The highest BCUT2D eigenvalue weighted by Crippen LogP contribution is 2.17. The van der Waals surface area contributed by atoms with Crippen molar-refractivity contribution in [1.29, 1.82) is 0 Å². The molecule has 2 aromatic heterocycles. The number of esters is 2. The number of hydrogen-bond donors (Lipinski definition) is 0. The van der Waals surface area contributed by atoms with Crippen LogP contribution in [0.5, 0.6) is 0 Å². The van der Waals surface area contributed by atoms with Crippen LogP contribution in [-0.2, 0) is 25.6 Å². The summed E-state index contributed by atoms with van der Waals surface area (Å²) in [5.41, 5.74) is 3.50. The van der Waals surface area contributed by atoms with Gasteiger partial charge in [-0.1, -0.05) is 0 Å². The SMILES string of the molecule is COC(=O)CN(CC(=O)OC)Cc1ccnc(-c2cc(C)ccn2)c1. The predicted molar refractivity (Wildman–Crippen MR) is 91.5 cm³/mol. The highest BCUT2D eigenvalue weighted by atomic mass is 16.5. The maximum atomic E-state index is 11.6. The Labute approximate surface area is 146 Å². The molecular weight excluding hydrogens is 322 g/mol. The standard InChI is InChI=1S/C18H21N3O4/c1-13-4-6-19-15(8-13)16-9-14(5-7-20-16)10-21(11-17(22)24-2)12-18(23)25-3/h4-9H,10-12H2,1-3H3.